The van der Waals surface area contributed by atoms with Crippen molar-refractivity contribution >= 4 is 5.69 Å². The van der Waals surface area contributed by atoms with Crippen molar-refractivity contribution in [3.05, 3.63) is 29.6 Å². The highest BCUT2D eigenvalue weighted by Gasteiger charge is 2.28. The third-order valence-corrected chi connectivity index (χ3v) is 3.12. The molecular formula is C13H19FN2O. The van der Waals surface area contributed by atoms with E-state index in [2.05, 4.69) is 4.90 Å². The van der Waals surface area contributed by atoms with Gasteiger partial charge in [-0.15, -0.1) is 0 Å². The van der Waals surface area contributed by atoms with Crippen molar-refractivity contribution in [3.8, 4) is 0 Å². The van der Waals surface area contributed by atoms with Crippen molar-refractivity contribution < 1.29 is 9.13 Å². The smallest absolute Gasteiger partial charge is 0.123 e. The summed E-state index contributed by atoms with van der Waals surface area (Å²) in [6.45, 7) is 2.28. The fourth-order valence-corrected chi connectivity index (χ4v) is 1.97. The van der Waals surface area contributed by atoms with Gasteiger partial charge in [0.15, 0.2) is 0 Å². The van der Waals surface area contributed by atoms with E-state index in [9.17, 15) is 4.39 Å². The van der Waals surface area contributed by atoms with Gasteiger partial charge in [-0.3, -0.25) is 4.90 Å². The third kappa shape index (κ3) is 3.41. The van der Waals surface area contributed by atoms with Crippen LogP contribution in [0.1, 0.15) is 18.4 Å². The van der Waals surface area contributed by atoms with Gasteiger partial charge >= 0.3 is 0 Å². The molecule has 1 aliphatic rings. The third-order valence-electron chi connectivity index (χ3n) is 3.12. The van der Waals surface area contributed by atoms with Crippen LogP contribution >= 0.6 is 0 Å². The number of benzene rings is 1. The van der Waals surface area contributed by atoms with Gasteiger partial charge in [-0.25, -0.2) is 4.39 Å². The first-order valence-corrected chi connectivity index (χ1v) is 5.97. The summed E-state index contributed by atoms with van der Waals surface area (Å²) >= 11 is 0. The molecule has 0 amide bonds. The van der Waals surface area contributed by atoms with E-state index in [4.69, 9.17) is 10.5 Å². The lowest BCUT2D eigenvalue weighted by Crippen LogP contribution is -2.29. The zero-order valence-electron chi connectivity index (χ0n) is 10.2. The molecule has 17 heavy (non-hydrogen) atoms. The number of methoxy groups -OCH3 is 1. The first kappa shape index (κ1) is 12.3. The fourth-order valence-electron chi connectivity index (χ4n) is 1.97. The van der Waals surface area contributed by atoms with E-state index in [1.807, 2.05) is 0 Å². The van der Waals surface area contributed by atoms with Crippen molar-refractivity contribution in [1.82, 2.24) is 4.90 Å². The number of nitrogens with zero attached hydrogens (tertiary/aromatic N) is 1. The van der Waals surface area contributed by atoms with Crippen molar-refractivity contribution in [2.75, 3.05) is 26.0 Å². The summed E-state index contributed by atoms with van der Waals surface area (Å²) in [5.74, 6) is -0.225. The van der Waals surface area contributed by atoms with E-state index in [1.165, 1.54) is 25.0 Å². The second kappa shape index (κ2) is 5.47. The van der Waals surface area contributed by atoms with E-state index in [1.54, 1.807) is 13.2 Å². The topological polar surface area (TPSA) is 38.5 Å². The molecule has 0 saturated heterocycles. The minimum atomic E-state index is -0.225. The molecule has 94 valence electrons. The number of nitrogen functional groups attached to an aromatic ring is 1. The van der Waals surface area contributed by atoms with Gasteiger partial charge in [-0.1, -0.05) is 0 Å². The highest BCUT2D eigenvalue weighted by molar-refractivity contribution is 5.46. The van der Waals surface area contributed by atoms with Crippen molar-refractivity contribution in [3.63, 3.8) is 0 Å². The zero-order chi connectivity index (χ0) is 12.3. The van der Waals surface area contributed by atoms with E-state index in [0.29, 0.717) is 24.9 Å². The molecule has 0 spiro atoms. The summed E-state index contributed by atoms with van der Waals surface area (Å²) in [6, 6.07) is 5.17. The van der Waals surface area contributed by atoms with Gasteiger partial charge in [-0.05, 0) is 36.6 Å². The van der Waals surface area contributed by atoms with Crippen LogP contribution in [-0.4, -0.2) is 31.2 Å². The number of nitrogens with two attached hydrogens (primary N) is 1. The van der Waals surface area contributed by atoms with Crippen LogP contribution < -0.4 is 5.73 Å². The lowest BCUT2D eigenvalue weighted by Gasteiger charge is -2.22. The second-order valence-corrected chi connectivity index (χ2v) is 4.54. The molecule has 4 heteroatoms. The molecular weight excluding hydrogens is 219 g/mol. The van der Waals surface area contributed by atoms with Crippen LogP contribution in [0.4, 0.5) is 10.1 Å². The van der Waals surface area contributed by atoms with E-state index in [-0.39, 0.29) is 5.82 Å². The summed E-state index contributed by atoms with van der Waals surface area (Å²) in [7, 11) is 1.70. The van der Waals surface area contributed by atoms with Crippen LogP contribution in [0, 0.1) is 5.82 Å². The fraction of sp³-hybridized carbons (Fsp3) is 0.538. The van der Waals surface area contributed by atoms with E-state index in [0.717, 1.165) is 12.1 Å². The Morgan fingerprint density at radius 2 is 2.24 bits per heavy atom. The zero-order valence-corrected chi connectivity index (χ0v) is 10.2. The van der Waals surface area contributed by atoms with Crippen LogP contribution in [0.3, 0.4) is 0 Å². The Morgan fingerprint density at radius 3 is 2.88 bits per heavy atom. The number of ether oxygens (including phenoxy) is 1. The molecule has 3 nitrogen and oxygen atoms in total. The van der Waals surface area contributed by atoms with Crippen molar-refractivity contribution in [2.24, 2.45) is 0 Å². The predicted molar refractivity (Wildman–Crippen MR) is 66.1 cm³/mol. The molecule has 2 N–H and O–H groups in total. The summed E-state index contributed by atoms with van der Waals surface area (Å²) in [5.41, 5.74) is 7.39. The van der Waals surface area contributed by atoms with Gasteiger partial charge in [0, 0.05) is 31.9 Å². The van der Waals surface area contributed by atoms with Crippen LogP contribution in [0.15, 0.2) is 18.2 Å². The summed E-state index contributed by atoms with van der Waals surface area (Å²) < 4.78 is 18.3. The van der Waals surface area contributed by atoms with Gasteiger partial charge in [0.25, 0.3) is 0 Å². The minimum Gasteiger partial charge on any atom is -0.398 e. The Bertz CT molecular complexity index is 380. The number of hydrogen-bond acceptors (Lipinski definition) is 3. The lowest BCUT2D eigenvalue weighted by atomic mass is 10.1. The van der Waals surface area contributed by atoms with Gasteiger partial charge in [0.2, 0.25) is 0 Å². The molecule has 0 aliphatic heterocycles. The molecule has 0 unspecified atom stereocenters. The van der Waals surface area contributed by atoms with Gasteiger partial charge in [0.05, 0.1) is 6.61 Å². The number of hydrogen-bond donors (Lipinski definition) is 1. The second-order valence-electron chi connectivity index (χ2n) is 4.54. The molecule has 1 aromatic carbocycles. The van der Waals surface area contributed by atoms with Gasteiger partial charge < -0.3 is 10.5 Å². The molecule has 1 aromatic rings. The Morgan fingerprint density at radius 1 is 1.47 bits per heavy atom. The van der Waals surface area contributed by atoms with Gasteiger partial charge in [-0.2, -0.15) is 0 Å². The normalized spacial score (nSPS) is 15.5. The molecule has 1 fully saturated rings. The largest absolute Gasteiger partial charge is 0.398 e. The monoisotopic (exact) mass is 238 g/mol. The first-order chi connectivity index (χ1) is 8.20. The molecule has 1 aliphatic carbocycles. The first-order valence-electron chi connectivity index (χ1n) is 5.97. The van der Waals surface area contributed by atoms with Crippen LogP contribution in [0.25, 0.3) is 0 Å². The highest BCUT2D eigenvalue weighted by atomic mass is 19.1. The summed E-state index contributed by atoms with van der Waals surface area (Å²) in [5, 5.41) is 0. The molecule has 2 rings (SSSR count). The molecule has 0 radical (unpaired) electrons. The Hall–Kier alpha value is -1.13. The van der Waals surface area contributed by atoms with E-state index >= 15 is 0 Å². The van der Waals surface area contributed by atoms with Crippen molar-refractivity contribution in [1.29, 1.82) is 0 Å². The maximum atomic E-state index is 13.2. The van der Waals surface area contributed by atoms with Gasteiger partial charge in [0.1, 0.15) is 5.82 Å². The Kier molecular flexibility index (Phi) is 3.97. The number of halogens is 1. The maximum absolute atomic E-state index is 13.2. The van der Waals surface area contributed by atoms with E-state index < -0.39 is 0 Å². The SMILES string of the molecule is COCCN(Cc1cc(F)ccc1N)C1CC1. The van der Waals surface area contributed by atoms with Crippen molar-refractivity contribution in [2.45, 2.75) is 25.4 Å². The Labute approximate surface area is 101 Å². The average Bonchev–Trinajstić information content (AvgIpc) is 3.13. The van der Waals surface area contributed by atoms with Crippen LogP contribution in [-0.2, 0) is 11.3 Å². The molecule has 1 saturated carbocycles. The summed E-state index contributed by atoms with van der Waals surface area (Å²) in [6.07, 6.45) is 2.44. The highest BCUT2D eigenvalue weighted by Crippen LogP contribution is 2.29. The number of anilines is 1. The average molecular weight is 238 g/mol. The predicted octanol–water partition coefficient (Wildman–Crippen LogP) is 2.02. The standard InChI is InChI=1S/C13H19FN2O/c1-17-7-6-16(12-3-4-12)9-10-8-11(14)2-5-13(10)15/h2,5,8,12H,3-4,6-7,9,15H2,1H3. The quantitative estimate of drug-likeness (QED) is 0.771. The lowest BCUT2D eigenvalue weighted by molar-refractivity contribution is 0.139. The molecule has 0 bridgehead atoms. The molecule has 0 atom stereocenters. The van der Waals surface area contributed by atoms with Crippen LogP contribution in [0.5, 0.6) is 0 Å². The molecule has 0 aromatic heterocycles. The minimum absolute atomic E-state index is 0.225. The number of rotatable bonds is 6. The maximum Gasteiger partial charge on any atom is 0.123 e. The Balaban J connectivity index is 2.03. The van der Waals surface area contributed by atoms with Crippen LogP contribution in [0.2, 0.25) is 0 Å². The molecule has 0 heterocycles. The summed E-state index contributed by atoms with van der Waals surface area (Å²) in [4.78, 5) is 2.31.